The molecule has 0 bridgehead atoms. The minimum Gasteiger partial charge on any atom is -0.411 e. The van der Waals surface area contributed by atoms with Gasteiger partial charge in [-0.25, -0.2) is 0 Å². The van der Waals surface area contributed by atoms with Crippen LogP contribution in [-0.4, -0.2) is 11.4 Å². The fraction of sp³-hybridized carbons (Fsp3) is 0.700. The summed E-state index contributed by atoms with van der Waals surface area (Å²) in [5.41, 5.74) is 0.360. The van der Waals surface area contributed by atoms with E-state index >= 15 is 0 Å². The van der Waals surface area contributed by atoms with Crippen molar-refractivity contribution in [3.63, 3.8) is 0 Å². The fourth-order valence-corrected chi connectivity index (χ4v) is 2.50. The average Bonchev–Trinajstić information content (AvgIpc) is 2.45. The second-order valence-electron chi connectivity index (χ2n) is 7.90. The Morgan fingerprint density at radius 1 is 1.04 bits per heavy atom. The molecule has 0 aliphatic carbocycles. The standard InChI is InChI=1S/C10H19NO.C10H17N/c1-5-10(3,4)8-9(2)6-7-11-12;1-5-10(3,4)8-9(2)6-7-11/h5,7,9,12H,1,6,8H2,2-4H3;5,9H,1,6,8H2,2-4H3/b11-7+;. The quantitative estimate of drug-likeness (QED) is 0.237. The molecule has 0 aromatic heterocycles. The summed E-state index contributed by atoms with van der Waals surface area (Å²) in [4.78, 5) is 0. The molecule has 0 heterocycles. The average molecular weight is 321 g/mol. The third-order valence-corrected chi connectivity index (χ3v) is 3.88. The predicted molar refractivity (Wildman–Crippen MR) is 101 cm³/mol. The van der Waals surface area contributed by atoms with E-state index in [4.69, 9.17) is 10.5 Å². The van der Waals surface area contributed by atoms with Gasteiger partial charge in [0.2, 0.25) is 0 Å². The number of oxime groups is 1. The lowest BCUT2D eigenvalue weighted by molar-refractivity contribution is 0.315. The van der Waals surface area contributed by atoms with Gasteiger partial charge in [0.25, 0.3) is 0 Å². The Kier molecular flexibility index (Phi) is 12.3. The van der Waals surface area contributed by atoms with Gasteiger partial charge in [0.15, 0.2) is 0 Å². The lowest BCUT2D eigenvalue weighted by atomic mass is 9.83. The first-order chi connectivity index (χ1) is 10.5. The second-order valence-corrected chi connectivity index (χ2v) is 7.90. The maximum atomic E-state index is 8.43. The van der Waals surface area contributed by atoms with Crippen LogP contribution < -0.4 is 0 Å². The van der Waals surface area contributed by atoms with E-state index in [9.17, 15) is 0 Å². The fourth-order valence-electron chi connectivity index (χ4n) is 2.50. The first-order valence-electron chi connectivity index (χ1n) is 8.33. The third-order valence-electron chi connectivity index (χ3n) is 3.88. The van der Waals surface area contributed by atoms with E-state index in [2.05, 4.69) is 65.9 Å². The summed E-state index contributed by atoms with van der Waals surface area (Å²) >= 11 is 0. The molecule has 0 aliphatic rings. The minimum absolute atomic E-state index is 0.177. The molecule has 132 valence electrons. The molecule has 23 heavy (non-hydrogen) atoms. The zero-order valence-electron chi connectivity index (χ0n) is 16.0. The second kappa shape index (κ2) is 11.9. The summed E-state index contributed by atoms with van der Waals surface area (Å²) in [7, 11) is 0. The minimum atomic E-state index is 0.177. The first-order valence-corrected chi connectivity index (χ1v) is 8.33. The molecule has 0 spiro atoms. The molecule has 0 saturated carbocycles. The smallest absolute Gasteiger partial charge is 0.0624 e. The molecular weight excluding hydrogens is 284 g/mol. The molecule has 1 N–H and O–H groups in total. The van der Waals surface area contributed by atoms with Crippen molar-refractivity contribution in [1.29, 1.82) is 5.26 Å². The van der Waals surface area contributed by atoms with Crippen LogP contribution in [0.25, 0.3) is 0 Å². The molecule has 2 atom stereocenters. The zero-order valence-corrected chi connectivity index (χ0v) is 16.0. The number of rotatable bonds is 9. The van der Waals surface area contributed by atoms with Crippen LogP contribution in [0.15, 0.2) is 30.5 Å². The molecule has 0 aromatic carbocycles. The van der Waals surface area contributed by atoms with Crippen LogP contribution in [0.4, 0.5) is 0 Å². The van der Waals surface area contributed by atoms with Gasteiger partial charge >= 0.3 is 0 Å². The van der Waals surface area contributed by atoms with E-state index in [-0.39, 0.29) is 10.8 Å². The number of nitrogens with zero attached hydrogens (tertiary/aromatic N) is 2. The molecule has 0 radical (unpaired) electrons. The molecule has 3 heteroatoms. The maximum absolute atomic E-state index is 8.43. The van der Waals surface area contributed by atoms with Crippen molar-refractivity contribution in [2.24, 2.45) is 27.8 Å². The molecule has 0 rings (SSSR count). The van der Waals surface area contributed by atoms with E-state index in [0.717, 1.165) is 19.3 Å². The number of hydrogen-bond donors (Lipinski definition) is 1. The highest BCUT2D eigenvalue weighted by Crippen LogP contribution is 2.28. The van der Waals surface area contributed by atoms with Crippen molar-refractivity contribution in [2.75, 3.05) is 0 Å². The number of nitriles is 1. The SMILES string of the molecule is C=CC(C)(C)CC(C)C/C=N/O.C=CC(C)(C)CC(C)CC#N. The van der Waals surface area contributed by atoms with Crippen LogP contribution in [0.5, 0.6) is 0 Å². The highest BCUT2D eigenvalue weighted by molar-refractivity contribution is 5.56. The van der Waals surface area contributed by atoms with Gasteiger partial charge in [-0.1, -0.05) is 53.7 Å². The molecule has 2 unspecified atom stereocenters. The van der Waals surface area contributed by atoms with Crippen molar-refractivity contribution >= 4 is 6.21 Å². The van der Waals surface area contributed by atoms with Crippen LogP contribution in [0.3, 0.4) is 0 Å². The highest BCUT2D eigenvalue weighted by atomic mass is 16.4. The van der Waals surface area contributed by atoms with Gasteiger partial charge in [-0.15, -0.1) is 18.3 Å². The Hall–Kier alpha value is -1.56. The first kappa shape index (κ1) is 23.7. The van der Waals surface area contributed by atoms with Gasteiger partial charge in [0.05, 0.1) is 6.07 Å². The van der Waals surface area contributed by atoms with Gasteiger partial charge in [-0.05, 0) is 41.9 Å². The molecule has 0 aliphatic heterocycles. The van der Waals surface area contributed by atoms with Crippen molar-refractivity contribution in [1.82, 2.24) is 0 Å². The van der Waals surface area contributed by atoms with Gasteiger partial charge in [0.1, 0.15) is 0 Å². The van der Waals surface area contributed by atoms with Crippen LogP contribution >= 0.6 is 0 Å². The van der Waals surface area contributed by atoms with Gasteiger partial charge in [-0.3, -0.25) is 0 Å². The summed E-state index contributed by atoms with van der Waals surface area (Å²) in [6, 6.07) is 2.18. The van der Waals surface area contributed by atoms with E-state index in [1.165, 1.54) is 0 Å². The molecule has 0 aromatic rings. The van der Waals surface area contributed by atoms with E-state index in [1.54, 1.807) is 6.21 Å². The summed E-state index contributed by atoms with van der Waals surface area (Å²) in [6.07, 6.45) is 9.07. The molecule has 0 fully saturated rings. The van der Waals surface area contributed by atoms with Crippen LogP contribution in [0, 0.1) is 34.0 Å². The molecule has 0 saturated heterocycles. The normalized spacial score (nSPS) is 14.3. The summed E-state index contributed by atoms with van der Waals surface area (Å²) < 4.78 is 0. The Labute approximate surface area is 143 Å². The van der Waals surface area contributed by atoms with Crippen LogP contribution in [-0.2, 0) is 0 Å². The van der Waals surface area contributed by atoms with Gasteiger partial charge in [0, 0.05) is 12.6 Å². The predicted octanol–water partition coefficient (Wildman–Crippen LogP) is 6.21. The summed E-state index contributed by atoms with van der Waals surface area (Å²) in [5.74, 6) is 1.02. The highest BCUT2D eigenvalue weighted by Gasteiger charge is 2.17. The maximum Gasteiger partial charge on any atom is 0.0624 e. The summed E-state index contributed by atoms with van der Waals surface area (Å²) in [5, 5.41) is 19.6. The van der Waals surface area contributed by atoms with E-state index < -0.39 is 0 Å². The Bertz CT molecular complexity index is 402. The molecule has 3 nitrogen and oxygen atoms in total. The van der Waals surface area contributed by atoms with Crippen molar-refractivity contribution in [2.45, 2.75) is 67.2 Å². The van der Waals surface area contributed by atoms with Crippen molar-refractivity contribution < 1.29 is 5.21 Å². The van der Waals surface area contributed by atoms with Crippen LogP contribution in [0.2, 0.25) is 0 Å². The van der Waals surface area contributed by atoms with E-state index in [1.807, 2.05) is 12.2 Å². The number of allylic oxidation sites excluding steroid dienone is 2. The third kappa shape index (κ3) is 15.1. The Balaban J connectivity index is 0. The molecule has 0 amide bonds. The van der Waals surface area contributed by atoms with Gasteiger partial charge in [-0.2, -0.15) is 5.26 Å². The largest absolute Gasteiger partial charge is 0.411 e. The Morgan fingerprint density at radius 3 is 1.83 bits per heavy atom. The van der Waals surface area contributed by atoms with Gasteiger partial charge < -0.3 is 5.21 Å². The zero-order chi connectivity index (χ0) is 18.5. The topological polar surface area (TPSA) is 56.4 Å². The number of hydrogen-bond acceptors (Lipinski definition) is 3. The molecular formula is C20H36N2O. The lowest BCUT2D eigenvalue weighted by Gasteiger charge is -2.23. The summed E-state index contributed by atoms with van der Waals surface area (Å²) in [6.45, 7) is 20.4. The van der Waals surface area contributed by atoms with E-state index in [0.29, 0.717) is 18.3 Å². The van der Waals surface area contributed by atoms with Crippen molar-refractivity contribution in [3.05, 3.63) is 25.3 Å². The van der Waals surface area contributed by atoms with Crippen molar-refractivity contribution in [3.8, 4) is 6.07 Å². The van der Waals surface area contributed by atoms with Crippen LogP contribution in [0.1, 0.15) is 67.2 Å². The Morgan fingerprint density at radius 2 is 1.48 bits per heavy atom. The monoisotopic (exact) mass is 320 g/mol. The lowest BCUT2D eigenvalue weighted by Crippen LogP contribution is -2.12.